The molecule has 228 valence electrons. The van der Waals surface area contributed by atoms with Crippen LogP contribution in [0.2, 0.25) is 0 Å². The number of rotatable bonds is 11. The topological polar surface area (TPSA) is 18.5 Å². The van der Waals surface area contributed by atoms with Crippen molar-refractivity contribution in [2.45, 2.75) is 70.3 Å². The van der Waals surface area contributed by atoms with Crippen molar-refractivity contribution < 1.29 is 40.2 Å². The second-order valence-corrected chi connectivity index (χ2v) is 11.3. The fourth-order valence-electron chi connectivity index (χ4n) is 6.24. The van der Waals surface area contributed by atoms with Crippen molar-refractivity contribution in [3.63, 3.8) is 0 Å². The largest absolute Gasteiger partial charge is 0.453 e. The Bertz CT molecular complexity index is 1250. The van der Waals surface area contributed by atoms with Gasteiger partial charge in [-0.3, -0.25) is 0 Å². The average Bonchev–Trinajstić information content (AvgIpc) is 2.94. The first-order valence-corrected chi connectivity index (χ1v) is 14.4. The minimum absolute atomic E-state index is 0.203. The van der Waals surface area contributed by atoms with E-state index in [1.165, 1.54) is 38.2 Å². The van der Waals surface area contributed by atoms with E-state index in [1.54, 1.807) is 6.08 Å². The number of ether oxygens (including phenoxy) is 2. The monoisotopic (exact) mass is 596 g/mol. The highest BCUT2D eigenvalue weighted by molar-refractivity contribution is 5.51. The van der Waals surface area contributed by atoms with Crippen LogP contribution in [-0.2, 0) is 6.11 Å². The minimum Gasteiger partial charge on any atom is -0.453 e. The zero-order chi connectivity index (χ0) is 30.3. The lowest BCUT2D eigenvalue weighted by molar-refractivity contribution is -0.187. The molecular formula is C33H35F7O2. The Morgan fingerprint density at radius 1 is 0.857 bits per heavy atom. The molecule has 9 heteroatoms. The van der Waals surface area contributed by atoms with Gasteiger partial charge in [-0.1, -0.05) is 37.1 Å². The van der Waals surface area contributed by atoms with Crippen molar-refractivity contribution in [1.29, 1.82) is 0 Å². The molecule has 2 fully saturated rings. The maximum atomic E-state index is 14.7. The molecule has 0 unspecified atom stereocenters. The Morgan fingerprint density at radius 3 is 2.05 bits per heavy atom. The zero-order valence-electron chi connectivity index (χ0n) is 23.2. The molecule has 0 amide bonds. The van der Waals surface area contributed by atoms with Crippen LogP contribution in [0.5, 0.6) is 11.5 Å². The lowest BCUT2D eigenvalue weighted by atomic mass is 9.68. The van der Waals surface area contributed by atoms with Crippen LogP contribution < -0.4 is 9.47 Å². The Labute approximate surface area is 241 Å². The second kappa shape index (κ2) is 14.3. The molecule has 0 heterocycles. The maximum Gasteiger partial charge on any atom is 0.429 e. The minimum atomic E-state index is -4.28. The quantitative estimate of drug-likeness (QED) is 0.146. The van der Waals surface area contributed by atoms with E-state index in [0.717, 1.165) is 62.0 Å². The maximum absolute atomic E-state index is 14.7. The van der Waals surface area contributed by atoms with Gasteiger partial charge in [0.05, 0.1) is 5.56 Å². The number of hydrogen-bond donors (Lipinski definition) is 0. The highest BCUT2D eigenvalue weighted by atomic mass is 19.3. The van der Waals surface area contributed by atoms with Crippen molar-refractivity contribution in [2.75, 3.05) is 0 Å². The number of halogens is 7. The first kappa shape index (κ1) is 31.7. The first-order chi connectivity index (χ1) is 20.1. The molecule has 0 bridgehead atoms. The van der Waals surface area contributed by atoms with Gasteiger partial charge in [0.2, 0.25) is 0 Å². The van der Waals surface area contributed by atoms with E-state index in [4.69, 9.17) is 0 Å². The Morgan fingerprint density at radius 2 is 1.48 bits per heavy atom. The van der Waals surface area contributed by atoms with E-state index in [-0.39, 0.29) is 6.26 Å². The summed E-state index contributed by atoms with van der Waals surface area (Å²) in [5.41, 5.74) is -0.721. The fourth-order valence-corrected chi connectivity index (χ4v) is 6.24. The summed E-state index contributed by atoms with van der Waals surface area (Å²) >= 11 is 0. The number of allylic oxidation sites excluding steroid dienone is 2. The molecule has 4 rings (SSSR count). The van der Waals surface area contributed by atoms with Crippen molar-refractivity contribution in [2.24, 2.45) is 23.7 Å². The predicted octanol–water partition coefficient (Wildman–Crippen LogP) is 10.9. The van der Waals surface area contributed by atoms with Gasteiger partial charge < -0.3 is 9.47 Å². The van der Waals surface area contributed by atoms with Crippen molar-refractivity contribution in [3.05, 3.63) is 90.0 Å². The zero-order valence-corrected chi connectivity index (χ0v) is 23.2. The number of hydrogen-bond acceptors (Lipinski definition) is 2. The number of alkyl halides is 2. The summed E-state index contributed by atoms with van der Waals surface area (Å²) in [6, 6.07) is 3.79. The molecule has 0 radical (unpaired) electrons. The lowest BCUT2D eigenvalue weighted by Gasteiger charge is -2.37. The molecule has 42 heavy (non-hydrogen) atoms. The summed E-state index contributed by atoms with van der Waals surface area (Å²) in [4.78, 5) is 0. The second-order valence-electron chi connectivity index (χ2n) is 11.3. The standard InChI is InChI=1S/C33H35F7O2/c1-2-3-4-21-7-12-24(13-8-21)25-14-9-22(10-15-25)5-6-23-11-16-27(28(34)17-23)33(39,40)42-26-18-29(35)32(30(36)19-26)41-20-31(37)38/h2,5-6,11,16-22,24-25H,1,3-4,7-10,12-15H2. The molecule has 0 saturated heterocycles. The van der Waals surface area contributed by atoms with Crippen molar-refractivity contribution in [1.82, 2.24) is 0 Å². The molecule has 2 aromatic carbocycles. The lowest BCUT2D eigenvalue weighted by Crippen LogP contribution is -2.25. The van der Waals surface area contributed by atoms with Crippen LogP contribution in [0.4, 0.5) is 30.7 Å². The molecular weight excluding hydrogens is 561 g/mol. The molecule has 0 aromatic heterocycles. The molecule has 2 aliphatic rings. The summed E-state index contributed by atoms with van der Waals surface area (Å²) in [6.07, 6.45) is 10.8. The Kier molecular flexibility index (Phi) is 10.8. The van der Waals surface area contributed by atoms with Crippen molar-refractivity contribution >= 4 is 6.08 Å². The highest BCUT2D eigenvalue weighted by Gasteiger charge is 2.38. The van der Waals surface area contributed by atoms with Gasteiger partial charge in [0.25, 0.3) is 0 Å². The van der Waals surface area contributed by atoms with E-state index in [2.05, 4.69) is 16.1 Å². The summed E-state index contributed by atoms with van der Waals surface area (Å²) < 4.78 is 105. The van der Waals surface area contributed by atoms with Gasteiger partial charge in [-0.15, -0.1) is 6.58 Å². The van der Waals surface area contributed by atoms with E-state index in [9.17, 15) is 30.7 Å². The van der Waals surface area contributed by atoms with Gasteiger partial charge in [-0.25, -0.2) is 13.2 Å². The molecule has 2 saturated carbocycles. The molecule has 0 atom stereocenters. The average molecular weight is 597 g/mol. The van der Waals surface area contributed by atoms with Crippen LogP contribution in [-0.4, -0.2) is 0 Å². The first-order valence-electron chi connectivity index (χ1n) is 14.4. The number of benzene rings is 2. The normalized spacial score (nSPS) is 23.0. The third-order valence-electron chi connectivity index (χ3n) is 8.50. The third kappa shape index (κ3) is 8.42. The van der Waals surface area contributed by atoms with E-state index in [1.807, 2.05) is 12.2 Å². The third-order valence-corrected chi connectivity index (χ3v) is 8.50. The van der Waals surface area contributed by atoms with E-state index >= 15 is 0 Å². The van der Waals surface area contributed by atoms with E-state index in [0.29, 0.717) is 23.6 Å². The van der Waals surface area contributed by atoms with Crippen LogP contribution in [0.3, 0.4) is 0 Å². The Balaban J connectivity index is 1.31. The summed E-state index contributed by atoms with van der Waals surface area (Å²) in [5, 5.41) is 0. The van der Waals surface area contributed by atoms with Crippen LogP contribution in [0.1, 0.15) is 75.3 Å². The predicted molar refractivity (Wildman–Crippen MR) is 148 cm³/mol. The Hall–Kier alpha value is -3.23. The van der Waals surface area contributed by atoms with Gasteiger partial charge in [-0.05, 0) is 92.7 Å². The highest BCUT2D eigenvalue weighted by Crippen LogP contribution is 2.43. The van der Waals surface area contributed by atoms with Crippen LogP contribution in [0.15, 0.2) is 61.4 Å². The summed E-state index contributed by atoms with van der Waals surface area (Å²) in [6.45, 7) is 3.82. The van der Waals surface area contributed by atoms with Crippen LogP contribution >= 0.6 is 0 Å². The summed E-state index contributed by atoms with van der Waals surface area (Å²) in [5.74, 6) is -3.86. The fraction of sp³-hybridized carbons (Fsp3) is 0.455. The van der Waals surface area contributed by atoms with E-state index < -0.39 is 46.7 Å². The summed E-state index contributed by atoms with van der Waals surface area (Å²) in [7, 11) is 0. The molecule has 2 aromatic rings. The van der Waals surface area contributed by atoms with Gasteiger partial charge in [0.15, 0.2) is 23.6 Å². The molecule has 0 spiro atoms. The van der Waals surface area contributed by atoms with Gasteiger partial charge >= 0.3 is 12.2 Å². The van der Waals surface area contributed by atoms with Crippen LogP contribution in [0.25, 0.3) is 6.08 Å². The van der Waals surface area contributed by atoms with Gasteiger partial charge in [0, 0.05) is 12.1 Å². The molecule has 2 nitrogen and oxygen atoms in total. The smallest absolute Gasteiger partial charge is 0.429 e. The van der Waals surface area contributed by atoms with Gasteiger partial charge in [-0.2, -0.15) is 17.6 Å². The molecule has 0 N–H and O–H groups in total. The molecule has 0 aliphatic heterocycles. The SMILES string of the molecule is C=CCCC1CCC(C2CCC(C=Cc3ccc(C(F)(F)Oc4cc(F)c(OC=C(F)F)c(F)c4)c(F)c3)CC2)CC1. The van der Waals surface area contributed by atoms with Gasteiger partial charge in [0.1, 0.15) is 11.6 Å². The van der Waals surface area contributed by atoms with Crippen molar-refractivity contribution in [3.8, 4) is 11.5 Å². The van der Waals surface area contributed by atoms with Crippen LogP contribution in [0, 0.1) is 41.1 Å². The molecule has 2 aliphatic carbocycles.